The van der Waals surface area contributed by atoms with Crippen molar-refractivity contribution >= 4 is 0 Å². The number of nitrogens with zero attached hydrogens (tertiary/aromatic N) is 1. The number of unbranched alkanes of at least 4 members (excludes halogenated alkanes) is 2. The lowest BCUT2D eigenvalue weighted by Crippen LogP contribution is -2.35. The molecule has 0 heterocycles. The Balaban J connectivity index is 2.61. The number of ether oxygens (including phenoxy) is 1. The summed E-state index contributed by atoms with van der Waals surface area (Å²) in [5, 5.41) is 11.8. The third-order valence-corrected chi connectivity index (χ3v) is 2.79. The van der Waals surface area contributed by atoms with Crippen molar-refractivity contribution in [2.45, 2.75) is 52.1 Å². The smallest absolute Gasteiger partial charge is 0.165 e. The van der Waals surface area contributed by atoms with E-state index in [0.29, 0.717) is 25.3 Å². The van der Waals surface area contributed by atoms with Crippen LogP contribution in [0, 0.1) is 17.1 Å². The molecule has 0 atom stereocenters. The van der Waals surface area contributed by atoms with Crippen molar-refractivity contribution < 1.29 is 9.13 Å². The largest absolute Gasteiger partial charge is 0.490 e. The van der Waals surface area contributed by atoms with E-state index in [1.807, 2.05) is 6.07 Å². The van der Waals surface area contributed by atoms with E-state index in [4.69, 9.17) is 10.00 Å². The molecular weight excluding hydrogens is 255 g/mol. The highest BCUT2D eigenvalue weighted by Crippen LogP contribution is 2.23. The minimum atomic E-state index is -0.335. The number of hydrogen-bond acceptors (Lipinski definition) is 3. The fraction of sp³-hybridized carbons (Fsp3) is 0.562. The number of nitrogens with one attached hydrogen (secondary N) is 1. The summed E-state index contributed by atoms with van der Waals surface area (Å²) in [5.74, 6) is -0.0142. The van der Waals surface area contributed by atoms with Gasteiger partial charge in [0, 0.05) is 24.1 Å². The molecule has 4 heteroatoms. The Hall–Kier alpha value is -1.60. The van der Waals surface area contributed by atoms with Crippen LogP contribution in [0.15, 0.2) is 18.2 Å². The molecule has 20 heavy (non-hydrogen) atoms. The molecule has 0 spiro atoms. The second kappa shape index (κ2) is 7.86. The van der Waals surface area contributed by atoms with Gasteiger partial charge in [0.05, 0.1) is 12.7 Å². The van der Waals surface area contributed by atoms with Crippen LogP contribution >= 0.6 is 0 Å². The lowest BCUT2D eigenvalue weighted by atomic mass is 10.1. The highest BCUT2D eigenvalue weighted by Gasteiger charge is 2.13. The first-order chi connectivity index (χ1) is 9.44. The van der Waals surface area contributed by atoms with E-state index in [1.165, 1.54) is 6.07 Å². The Bertz CT molecular complexity index is 461. The number of hydrogen-bond donors (Lipinski definition) is 1. The molecule has 0 saturated carbocycles. The van der Waals surface area contributed by atoms with Crippen LogP contribution < -0.4 is 10.1 Å². The first kappa shape index (κ1) is 16.5. The van der Waals surface area contributed by atoms with Gasteiger partial charge in [0.25, 0.3) is 0 Å². The summed E-state index contributed by atoms with van der Waals surface area (Å²) < 4.78 is 19.4. The van der Waals surface area contributed by atoms with Crippen molar-refractivity contribution in [1.82, 2.24) is 5.32 Å². The minimum absolute atomic E-state index is 0.0314. The van der Waals surface area contributed by atoms with Crippen LogP contribution in [-0.4, -0.2) is 12.1 Å². The molecule has 0 unspecified atom stereocenters. The first-order valence-electron chi connectivity index (χ1n) is 6.96. The summed E-state index contributed by atoms with van der Waals surface area (Å²) >= 11 is 0. The van der Waals surface area contributed by atoms with Gasteiger partial charge < -0.3 is 10.1 Å². The van der Waals surface area contributed by atoms with Gasteiger partial charge in [-0.15, -0.1) is 0 Å². The quantitative estimate of drug-likeness (QED) is 0.772. The standard InChI is InChI=1S/C16H23FN2O/c1-16(2,3)19-12-13-8-7-9-14(17)15(13)20-11-6-4-5-10-18/h7-9,19H,4-6,11-12H2,1-3H3. The lowest BCUT2D eigenvalue weighted by molar-refractivity contribution is 0.287. The van der Waals surface area contributed by atoms with Crippen molar-refractivity contribution in [2.75, 3.05) is 6.61 Å². The van der Waals surface area contributed by atoms with E-state index in [-0.39, 0.29) is 11.4 Å². The fourth-order valence-corrected chi connectivity index (χ4v) is 1.70. The maximum atomic E-state index is 13.8. The van der Waals surface area contributed by atoms with Gasteiger partial charge in [-0.25, -0.2) is 4.39 Å². The van der Waals surface area contributed by atoms with Crippen molar-refractivity contribution in [3.05, 3.63) is 29.6 Å². The second-order valence-corrected chi connectivity index (χ2v) is 5.80. The van der Waals surface area contributed by atoms with Crippen LogP contribution in [0.3, 0.4) is 0 Å². The van der Waals surface area contributed by atoms with Crippen molar-refractivity contribution in [1.29, 1.82) is 5.26 Å². The Kier molecular flexibility index (Phi) is 6.47. The highest BCUT2D eigenvalue weighted by atomic mass is 19.1. The van der Waals surface area contributed by atoms with E-state index in [9.17, 15) is 4.39 Å². The molecule has 0 bridgehead atoms. The molecule has 1 rings (SSSR count). The zero-order valence-electron chi connectivity index (χ0n) is 12.5. The van der Waals surface area contributed by atoms with Crippen molar-refractivity contribution in [3.8, 4) is 11.8 Å². The number of para-hydroxylation sites is 1. The molecule has 0 aliphatic carbocycles. The second-order valence-electron chi connectivity index (χ2n) is 5.80. The number of rotatable bonds is 7. The van der Waals surface area contributed by atoms with Crippen LogP contribution in [0.25, 0.3) is 0 Å². The molecule has 3 nitrogen and oxygen atoms in total. The molecule has 1 N–H and O–H groups in total. The Morgan fingerprint density at radius 3 is 2.70 bits per heavy atom. The average Bonchev–Trinajstić information content (AvgIpc) is 2.37. The zero-order chi connectivity index (χ0) is 15.0. The minimum Gasteiger partial charge on any atom is -0.490 e. The Morgan fingerprint density at radius 1 is 1.30 bits per heavy atom. The summed E-state index contributed by atoms with van der Waals surface area (Å²) in [5.41, 5.74) is 0.788. The van der Waals surface area contributed by atoms with E-state index >= 15 is 0 Å². The molecule has 0 radical (unpaired) electrons. The summed E-state index contributed by atoms with van der Waals surface area (Å²) in [6.07, 6.45) is 2.05. The molecule has 0 fully saturated rings. The first-order valence-corrected chi connectivity index (χ1v) is 6.96. The molecule has 110 valence electrons. The average molecular weight is 278 g/mol. The number of halogens is 1. The van der Waals surface area contributed by atoms with E-state index in [2.05, 4.69) is 32.2 Å². The van der Waals surface area contributed by atoms with Gasteiger partial charge in [-0.1, -0.05) is 12.1 Å². The topological polar surface area (TPSA) is 45.0 Å². The van der Waals surface area contributed by atoms with Gasteiger partial charge in [0.15, 0.2) is 11.6 Å². The van der Waals surface area contributed by atoms with Gasteiger partial charge in [-0.2, -0.15) is 5.26 Å². The normalized spacial score (nSPS) is 11.2. The lowest BCUT2D eigenvalue weighted by Gasteiger charge is -2.21. The molecule has 1 aromatic carbocycles. The van der Waals surface area contributed by atoms with Gasteiger partial charge in [-0.3, -0.25) is 0 Å². The van der Waals surface area contributed by atoms with E-state index < -0.39 is 0 Å². The summed E-state index contributed by atoms with van der Waals surface area (Å²) in [4.78, 5) is 0. The number of nitriles is 1. The predicted octanol–water partition coefficient (Wildman–Crippen LogP) is 3.79. The summed E-state index contributed by atoms with van der Waals surface area (Å²) in [6.45, 7) is 7.19. The Morgan fingerprint density at radius 2 is 2.05 bits per heavy atom. The van der Waals surface area contributed by atoms with Gasteiger partial charge in [-0.05, 0) is 39.7 Å². The number of benzene rings is 1. The van der Waals surface area contributed by atoms with Gasteiger partial charge >= 0.3 is 0 Å². The van der Waals surface area contributed by atoms with Crippen molar-refractivity contribution in [3.63, 3.8) is 0 Å². The molecule has 0 aliphatic heterocycles. The SMILES string of the molecule is CC(C)(C)NCc1cccc(F)c1OCCCCC#N. The third-order valence-electron chi connectivity index (χ3n) is 2.79. The van der Waals surface area contributed by atoms with Gasteiger partial charge in [0.1, 0.15) is 0 Å². The molecule has 0 amide bonds. The maximum absolute atomic E-state index is 13.8. The van der Waals surface area contributed by atoms with Crippen molar-refractivity contribution in [2.24, 2.45) is 0 Å². The van der Waals surface area contributed by atoms with Crippen LogP contribution in [0.1, 0.15) is 45.6 Å². The summed E-state index contributed by atoms with van der Waals surface area (Å²) in [7, 11) is 0. The van der Waals surface area contributed by atoms with Crippen LogP contribution in [0.4, 0.5) is 4.39 Å². The Labute approximate surface area is 120 Å². The molecule has 0 aliphatic rings. The van der Waals surface area contributed by atoms with Crippen LogP contribution in [0.2, 0.25) is 0 Å². The maximum Gasteiger partial charge on any atom is 0.165 e. The van der Waals surface area contributed by atoms with Gasteiger partial charge in [0.2, 0.25) is 0 Å². The fourth-order valence-electron chi connectivity index (χ4n) is 1.70. The molecular formula is C16H23FN2O. The molecule has 0 saturated heterocycles. The highest BCUT2D eigenvalue weighted by molar-refractivity contribution is 5.35. The van der Waals surface area contributed by atoms with E-state index in [1.54, 1.807) is 6.07 Å². The molecule has 0 aromatic heterocycles. The van der Waals surface area contributed by atoms with Crippen LogP contribution in [0.5, 0.6) is 5.75 Å². The monoisotopic (exact) mass is 278 g/mol. The molecule has 1 aromatic rings. The summed E-state index contributed by atoms with van der Waals surface area (Å²) in [6, 6.07) is 7.05. The van der Waals surface area contributed by atoms with E-state index in [0.717, 1.165) is 18.4 Å². The third kappa shape index (κ3) is 6.03. The predicted molar refractivity (Wildman–Crippen MR) is 78.0 cm³/mol. The van der Waals surface area contributed by atoms with Crippen LogP contribution in [-0.2, 0) is 6.54 Å². The zero-order valence-corrected chi connectivity index (χ0v) is 12.5.